The molecule has 18 heavy (non-hydrogen) atoms. The molecule has 0 bridgehead atoms. The molecule has 0 aliphatic heterocycles. The van der Waals surface area contributed by atoms with Gasteiger partial charge in [0.15, 0.2) is 0 Å². The number of amides is 1. The highest BCUT2D eigenvalue weighted by Gasteiger charge is 2.00. The van der Waals surface area contributed by atoms with E-state index < -0.39 is 10.8 Å². The van der Waals surface area contributed by atoms with Gasteiger partial charge in [0.05, 0.1) is 16.6 Å². The first-order valence-corrected chi connectivity index (χ1v) is 7.33. The standard InChI is InChI=1S/C14H19NO2S/c1-12(2)10-15-14(16)8-9-18(17)11-13-6-4-3-5-7-13/h3-9,12H,10-11H2,1-2H3,(H,15,16)/b9-8-. The van der Waals surface area contributed by atoms with Crippen molar-refractivity contribution in [3.63, 3.8) is 0 Å². The molecule has 1 aromatic rings. The SMILES string of the molecule is CC(C)CNC(=O)/C=C\S(=O)Cc1ccccc1. The van der Waals surface area contributed by atoms with Crippen molar-refractivity contribution in [2.45, 2.75) is 19.6 Å². The van der Waals surface area contributed by atoms with Crippen LogP contribution in [0.1, 0.15) is 19.4 Å². The number of carbonyl (C=O) groups excluding carboxylic acids is 1. The quantitative estimate of drug-likeness (QED) is 0.802. The number of hydrogen-bond donors (Lipinski definition) is 1. The van der Waals surface area contributed by atoms with Crippen LogP contribution in [-0.4, -0.2) is 16.7 Å². The summed E-state index contributed by atoms with van der Waals surface area (Å²) in [4.78, 5) is 11.4. The first kappa shape index (κ1) is 14.6. The van der Waals surface area contributed by atoms with Crippen LogP contribution in [0.2, 0.25) is 0 Å². The molecule has 98 valence electrons. The van der Waals surface area contributed by atoms with Gasteiger partial charge in [0.2, 0.25) is 5.91 Å². The normalized spacial score (nSPS) is 12.8. The summed E-state index contributed by atoms with van der Waals surface area (Å²) in [5.41, 5.74) is 1.00. The van der Waals surface area contributed by atoms with E-state index in [9.17, 15) is 9.00 Å². The lowest BCUT2D eigenvalue weighted by Gasteiger charge is -2.04. The summed E-state index contributed by atoms with van der Waals surface area (Å²) < 4.78 is 11.7. The maximum Gasteiger partial charge on any atom is 0.244 e. The van der Waals surface area contributed by atoms with Gasteiger partial charge in [-0.15, -0.1) is 0 Å². The number of carbonyl (C=O) groups is 1. The van der Waals surface area contributed by atoms with Gasteiger partial charge in [-0.1, -0.05) is 44.2 Å². The zero-order chi connectivity index (χ0) is 13.4. The van der Waals surface area contributed by atoms with Crippen molar-refractivity contribution in [1.29, 1.82) is 0 Å². The molecule has 0 radical (unpaired) electrons. The first-order valence-electron chi connectivity index (χ1n) is 5.95. The minimum atomic E-state index is -1.15. The van der Waals surface area contributed by atoms with Crippen LogP contribution < -0.4 is 5.32 Å². The van der Waals surface area contributed by atoms with E-state index in [0.29, 0.717) is 18.2 Å². The summed E-state index contributed by atoms with van der Waals surface area (Å²) in [5.74, 6) is 0.664. The van der Waals surface area contributed by atoms with Crippen molar-refractivity contribution in [2.24, 2.45) is 5.92 Å². The van der Waals surface area contributed by atoms with E-state index in [1.54, 1.807) is 0 Å². The molecule has 0 aliphatic carbocycles. The monoisotopic (exact) mass is 265 g/mol. The molecule has 0 aromatic heterocycles. The van der Waals surface area contributed by atoms with Crippen LogP contribution >= 0.6 is 0 Å². The number of rotatable bonds is 6. The molecular weight excluding hydrogens is 246 g/mol. The Bertz CT molecular complexity index is 427. The highest BCUT2D eigenvalue weighted by Crippen LogP contribution is 2.03. The van der Waals surface area contributed by atoms with Gasteiger partial charge < -0.3 is 5.32 Å². The molecule has 0 saturated carbocycles. The molecular formula is C14H19NO2S. The number of nitrogens with one attached hydrogen (secondary N) is 1. The van der Waals surface area contributed by atoms with Gasteiger partial charge in [0.1, 0.15) is 0 Å². The van der Waals surface area contributed by atoms with E-state index >= 15 is 0 Å². The molecule has 1 rings (SSSR count). The van der Waals surface area contributed by atoms with Gasteiger partial charge in [0, 0.05) is 18.0 Å². The van der Waals surface area contributed by atoms with E-state index in [1.165, 1.54) is 11.5 Å². The third-order valence-corrected chi connectivity index (χ3v) is 3.26. The molecule has 0 fully saturated rings. The second-order valence-electron chi connectivity index (χ2n) is 4.45. The highest BCUT2D eigenvalue weighted by atomic mass is 32.2. The molecule has 1 unspecified atom stereocenters. The van der Waals surface area contributed by atoms with Crippen molar-refractivity contribution < 1.29 is 9.00 Å². The minimum absolute atomic E-state index is 0.190. The summed E-state index contributed by atoms with van der Waals surface area (Å²) in [5, 5.41) is 4.19. The maximum absolute atomic E-state index is 11.7. The number of hydrogen-bond acceptors (Lipinski definition) is 2. The summed E-state index contributed by atoms with van der Waals surface area (Å²) in [6.07, 6.45) is 1.35. The summed E-state index contributed by atoms with van der Waals surface area (Å²) in [6, 6.07) is 9.58. The molecule has 0 saturated heterocycles. The summed E-state index contributed by atoms with van der Waals surface area (Å²) >= 11 is 0. The fourth-order valence-electron chi connectivity index (χ4n) is 1.29. The second kappa shape index (κ2) is 7.82. The van der Waals surface area contributed by atoms with E-state index in [-0.39, 0.29) is 5.91 Å². The molecule has 1 atom stereocenters. The summed E-state index contributed by atoms with van der Waals surface area (Å²) in [6.45, 7) is 4.68. The van der Waals surface area contributed by atoms with E-state index in [2.05, 4.69) is 5.32 Å². The molecule has 1 amide bonds. The molecule has 0 spiro atoms. The molecule has 0 aliphatic rings. The van der Waals surface area contributed by atoms with Gasteiger partial charge in [0.25, 0.3) is 0 Å². The topological polar surface area (TPSA) is 46.2 Å². The van der Waals surface area contributed by atoms with Crippen LogP contribution in [0.5, 0.6) is 0 Å². The minimum Gasteiger partial charge on any atom is -0.352 e. The van der Waals surface area contributed by atoms with Crippen molar-refractivity contribution >= 4 is 16.7 Å². The molecule has 0 heterocycles. The van der Waals surface area contributed by atoms with Gasteiger partial charge >= 0.3 is 0 Å². The Morgan fingerprint density at radius 1 is 1.33 bits per heavy atom. The zero-order valence-corrected chi connectivity index (χ0v) is 11.6. The fraction of sp³-hybridized carbons (Fsp3) is 0.357. The van der Waals surface area contributed by atoms with E-state index in [0.717, 1.165) is 5.56 Å². The third-order valence-electron chi connectivity index (χ3n) is 2.21. The lowest BCUT2D eigenvalue weighted by Crippen LogP contribution is -2.25. The van der Waals surface area contributed by atoms with Gasteiger partial charge in [-0.3, -0.25) is 9.00 Å². The van der Waals surface area contributed by atoms with Crippen LogP contribution in [-0.2, 0) is 21.3 Å². The first-order chi connectivity index (χ1) is 8.58. The van der Waals surface area contributed by atoms with E-state index in [1.807, 2.05) is 44.2 Å². The van der Waals surface area contributed by atoms with Gasteiger partial charge in [-0.05, 0) is 11.5 Å². The zero-order valence-electron chi connectivity index (χ0n) is 10.8. The number of benzene rings is 1. The van der Waals surface area contributed by atoms with Crippen molar-refractivity contribution in [3.05, 3.63) is 47.4 Å². The average Bonchev–Trinajstić information content (AvgIpc) is 2.35. The summed E-state index contributed by atoms with van der Waals surface area (Å²) in [7, 11) is -1.15. The fourth-order valence-corrected chi connectivity index (χ4v) is 2.18. The largest absolute Gasteiger partial charge is 0.352 e. The van der Waals surface area contributed by atoms with Gasteiger partial charge in [-0.2, -0.15) is 0 Å². The predicted molar refractivity (Wildman–Crippen MR) is 75.3 cm³/mol. The Balaban J connectivity index is 2.38. The Kier molecular flexibility index (Phi) is 6.36. The van der Waals surface area contributed by atoms with Crippen LogP contribution in [0, 0.1) is 5.92 Å². The van der Waals surface area contributed by atoms with Crippen LogP contribution in [0.3, 0.4) is 0 Å². The Labute approximate surface area is 111 Å². The van der Waals surface area contributed by atoms with Gasteiger partial charge in [-0.25, -0.2) is 0 Å². The highest BCUT2D eigenvalue weighted by molar-refractivity contribution is 7.87. The van der Waals surface area contributed by atoms with Crippen molar-refractivity contribution in [2.75, 3.05) is 6.54 Å². The third kappa shape index (κ3) is 6.35. The predicted octanol–water partition coefficient (Wildman–Crippen LogP) is 2.22. The average molecular weight is 265 g/mol. The Morgan fingerprint density at radius 2 is 2.00 bits per heavy atom. The molecule has 4 heteroatoms. The Hall–Kier alpha value is -1.42. The van der Waals surface area contributed by atoms with E-state index in [4.69, 9.17) is 0 Å². The molecule has 1 N–H and O–H groups in total. The van der Waals surface area contributed by atoms with Crippen molar-refractivity contribution in [1.82, 2.24) is 5.32 Å². The second-order valence-corrected chi connectivity index (χ2v) is 5.77. The van der Waals surface area contributed by atoms with Crippen LogP contribution in [0.25, 0.3) is 0 Å². The lowest BCUT2D eigenvalue weighted by atomic mass is 10.2. The Morgan fingerprint density at radius 3 is 2.61 bits per heavy atom. The maximum atomic E-state index is 11.7. The molecule has 1 aromatic carbocycles. The van der Waals surface area contributed by atoms with Crippen molar-refractivity contribution in [3.8, 4) is 0 Å². The smallest absolute Gasteiger partial charge is 0.244 e. The van der Waals surface area contributed by atoms with Crippen LogP contribution in [0.15, 0.2) is 41.8 Å². The molecule has 3 nitrogen and oxygen atoms in total. The van der Waals surface area contributed by atoms with Crippen LogP contribution in [0.4, 0.5) is 0 Å². The lowest BCUT2D eigenvalue weighted by molar-refractivity contribution is -0.116.